The molecule has 0 atom stereocenters. The van der Waals surface area contributed by atoms with Crippen molar-refractivity contribution >= 4 is 11.6 Å². The van der Waals surface area contributed by atoms with Crippen LogP contribution in [0.2, 0.25) is 0 Å². The van der Waals surface area contributed by atoms with E-state index in [4.69, 9.17) is 10.5 Å². The van der Waals surface area contributed by atoms with Gasteiger partial charge in [-0.15, -0.1) is 0 Å². The molecule has 1 aromatic carbocycles. The lowest BCUT2D eigenvalue weighted by molar-refractivity contribution is 0.100. The van der Waals surface area contributed by atoms with Gasteiger partial charge in [-0.3, -0.25) is 4.79 Å². The summed E-state index contributed by atoms with van der Waals surface area (Å²) in [6.07, 6.45) is 4.12. The number of nitrogens with one attached hydrogen (secondary N) is 1. The first-order valence-corrected chi connectivity index (χ1v) is 6.50. The number of amides is 1. The highest BCUT2D eigenvalue weighted by atomic mass is 16.5. The number of carbonyl (C=O) groups is 1. The highest BCUT2D eigenvalue weighted by Gasteiger charge is 2.07. The molecule has 0 bridgehead atoms. The summed E-state index contributed by atoms with van der Waals surface area (Å²) in [5, 5.41) is 3.27. The van der Waals surface area contributed by atoms with E-state index in [2.05, 4.69) is 29.1 Å². The molecule has 1 aromatic heterocycles. The summed E-state index contributed by atoms with van der Waals surface area (Å²) in [4.78, 5) is 11.2. The van der Waals surface area contributed by atoms with E-state index in [1.807, 2.05) is 6.20 Å². The van der Waals surface area contributed by atoms with E-state index in [1.54, 1.807) is 25.3 Å². The largest absolute Gasteiger partial charge is 0.495 e. The molecule has 0 radical (unpaired) electrons. The monoisotopic (exact) mass is 273 g/mol. The summed E-state index contributed by atoms with van der Waals surface area (Å²) >= 11 is 0. The quantitative estimate of drug-likeness (QED) is 0.848. The summed E-state index contributed by atoms with van der Waals surface area (Å²) in [5.74, 6) is 0.234. The Balaban J connectivity index is 2.14. The number of ether oxygens (including phenoxy) is 1. The van der Waals surface area contributed by atoms with E-state index in [-0.39, 0.29) is 0 Å². The second-order valence-electron chi connectivity index (χ2n) is 4.48. The SMILES string of the molecule is CCn1ccc(CNc2cc(C(N)=O)ccc2OC)c1. The van der Waals surface area contributed by atoms with Crippen molar-refractivity contribution in [3.8, 4) is 5.75 Å². The van der Waals surface area contributed by atoms with Crippen LogP contribution in [0.15, 0.2) is 36.7 Å². The minimum Gasteiger partial charge on any atom is -0.495 e. The smallest absolute Gasteiger partial charge is 0.248 e. The van der Waals surface area contributed by atoms with Crippen molar-refractivity contribution in [2.75, 3.05) is 12.4 Å². The third-order valence-corrected chi connectivity index (χ3v) is 3.14. The number of methoxy groups -OCH3 is 1. The van der Waals surface area contributed by atoms with Gasteiger partial charge in [-0.1, -0.05) is 0 Å². The van der Waals surface area contributed by atoms with Gasteiger partial charge in [0.15, 0.2) is 0 Å². The number of carbonyl (C=O) groups excluding carboxylic acids is 1. The molecule has 0 aliphatic carbocycles. The maximum atomic E-state index is 11.2. The molecule has 3 N–H and O–H groups in total. The molecular formula is C15H19N3O2. The van der Waals surface area contributed by atoms with Crippen LogP contribution in [0, 0.1) is 0 Å². The molecule has 1 amide bonds. The highest BCUT2D eigenvalue weighted by molar-refractivity contribution is 5.94. The number of hydrogen-bond donors (Lipinski definition) is 2. The molecule has 1 heterocycles. The number of benzene rings is 1. The molecule has 5 nitrogen and oxygen atoms in total. The minimum absolute atomic E-state index is 0.451. The standard InChI is InChI=1S/C15H19N3O2/c1-3-18-7-6-11(10-18)9-17-13-8-12(15(16)19)4-5-14(13)20-2/h4-8,10,17H,3,9H2,1-2H3,(H2,16,19). The van der Waals surface area contributed by atoms with E-state index >= 15 is 0 Å². The summed E-state index contributed by atoms with van der Waals surface area (Å²) in [5.41, 5.74) is 7.67. The van der Waals surface area contributed by atoms with Crippen molar-refractivity contribution in [3.63, 3.8) is 0 Å². The van der Waals surface area contributed by atoms with Gasteiger partial charge in [-0.2, -0.15) is 0 Å². The van der Waals surface area contributed by atoms with Gasteiger partial charge in [-0.05, 0) is 36.8 Å². The second kappa shape index (κ2) is 6.14. The summed E-state index contributed by atoms with van der Waals surface area (Å²) in [7, 11) is 1.60. The zero-order chi connectivity index (χ0) is 14.5. The highest BCUT2D eigenvalue weighted by Crippen LogP contribution is 2.26. The summed E-state index contributed by atoms with van der Waals surface area (Å²) in [6.45, 7) is 3.70. The van der Waals surface area contributed by atoms with Gasteiger partial charge in [0.05, 0.1) is 12.8 Å². The fourth-order valence-corrected chi connectivity index (χ4v) is 1.99. The summed E-state index contributed by atoms with van der Waals surface area (Å²) in [6, 6.07) is 7.15. The first-order valence-electron chi connectivity index (χ1n) is 6.50. The molecule has 5 heteroatoms. The maximum absolute atomic E-state index is 11.2. The van der Waals surface area contributed by atoms with Crippen LogP contribution in [0.4, 0.5) is 5.69 Å². The second-order valence-corrected chi connectivity index (χ2v) is 4.48. The molecule has 0 saturated heterocycles. The van der Waals surface area contributed by atoms with Crippen molar-refractivity contribution in [2.45, 2.75) is 20.0 Å². The molecule has 106 valence electrons. The van der Waals surface area contributed by atoms with Crippen LogP contribution in [0.5, 0.6) is 5.75 Å². The van der Waals surface area contributed by atoms with Crippen molar-refractivity contribution in [3.05, 3.63) is 47.8 Å². The Morgan fingerprint density at radius 1 is 1.40 bits per heavy atom. The number of aryl methyl sites for hydroxylation is 1. The van der Waals surface area contributed by atoms with E-state index in [0.717, 1.165) is 12.2 Å². The molecule has 0 fully saturated rings. The third kappa shape index (κ3) is 3.12. The number of nitrogens with two attached hydrogens (primary N) is 1. The number of rotatable bonds is 6. The molecule has 20 heavy (non-hydrogen) atoms. The van der Waals surface area contributed by atoms with E-state index in [9.17, 15) is 4.79 Å². The molecule has 0 spiro atoms. The van der Waals surface area contributed by atoms with E-state index in [1.165, 1.54) is 5.56 Å². The van der Waals surface area contributed by atoms with Gasteiger partial charge in [0.1, 0.15) is 5.75 Å². The van der Waals surface area contributed by atoms with Gasteiger partial charge < -0.3 is 20.4 Å². The normalized spacial score (nSPS) is 10.3. The zero-order valence-electron chi connectivity index (χ0n) is 11.7. The first-order chi connectivity index (χ1) is 9.63. The van der Waals surface area contributed by atoms with Gasteiger partial charge in [0.2, 0.25) is 5.91 Å². The van der Waals surface area contributed by atoms with Crippen molar-refractivity contribution in [1.29, 1.82) is 0 Å². The number of nitrogens with zero attached hydrogens (tertiary/aromatic N) is 1. The third-order valence-electron chi connectivity index (χ3n) is 3.14. The fourth-order valence-electron chi connectivity index (χ4n) is 1.99. The Morgan fingerprint density at radius 3 is 2.80 bits per heavy atom. The Labute approximate surface area is 118 Å². The topological polar surface area (TPSA) is 69.3 Å². The lowest BCUT2D eigenvalue weighted by Crippen LogP contribution is -2.11. The Kier molecular flexibility index (Phi) is 4.30. The molecule has 2 rings (SSSR count). The number of primary amides is 1. The van der Waals surface area contributed by atoms with Crippen LogP contribution in [0.25, 0.3) is 0 Å². The lowest BCUT2D eigenvalue weighted by Gasteiger charge is -2.11. The minimum atomic E-state index is -0.451. The first kappa shape index (κ1) is 14.0. The molecule has 2 aromatic rings. The van der Waals surface area contributed by atoms with Crippen LogP contribution in [0.1, 0.15) is 22.8 Å². The average Bonchev–Trinajstić information content (AvgIpc) is 2.92. The predicted octanol–water partition coefficient (Wildman–Crippen LogP) is 2.23. The van der Waals surface area contributed by atoms with Crippen LogP contribution in [-0.4, -0.2) is 17.6 Å². The van der Waals surface area contributed by atoms with Gasteiger partial charge in [-0.25, -0.2) is 0 Å². The van der Waals surface area contributed by atoms with Gasteiger partial charge in [0, 0.05) is 31.0 Å². The van der Waals surface area contributed by atoms with E-state index in [0.29, 0.717) is 17.9 Å². The molecule has 0 aliphatic rings. The Morgan fingerprint density at radius 2 is 2.20 bits per heavy atom. The number of hydrogen-bond acceptors (Lipinski definition) is 3. The maximum Gasteiger partial charge on any atom is 0.248 e. The van der Waals surface area contributed by atoms with Crippen LogP contribution >= 0.6 is 0 Å². The molecular weight excluding hydrogens is 254 g/mol. The molecule has 0 aliphatic heterocycles. The van der Waals surface area contributed by atoms with Crippen molar-refractivity contribution in [2.24, 2.45) is 5.73 Å². The lowest BCUT2D eigenvalue weighted by atomic mass is 10.1. The predicted molar refractivity (Wildman–Crippen MR) is 78.9 cm³/mol. The fraction of sp³-hybridized carbons (Fsp3) is 0.267. The van der Waals surface area contributed by atoms with Gasteiger partial charge in [0.25, 0.3) is 0 Å². The number of anilines is 1. The van der Waals surface area contributed by atoms with Crippen molar-refractivity contribution < 1.29 is 9.53 Å². The Hall–Kier alpha value is -2.43. The van der Waals surface area contributed by atoms with E-state index < -0.39 is 5.91 Å². The van der Waals surface area contributed by atoms with Crippen molar-refractivity contribution in [1.82, 2.24) is 4.57 Å². The van der Waals surface area contributed by atoms with Gasteiger partial charge >= 0.3 is 0 Å². The summed E-state index contributed by atoms with van der Waals surface area (Å²) < 4.78 is 7.38. The van der Waals surface area contributed by atoms with Crippen LogP contribution < -0.4 is 15.8 Å². The zero-order valence-corrected chi connectivity index (χ0v) is 11.7. The Bertz CT molecular complexity index is 605. The van der Waals surface area contributed by atoms with Crippen LogP contribution in [0.3, 0.4) is 0 Å². The molecule has 0 saturated carbocycles. The average molecular weight is 273 g/mol. The molecule has 0 unspecified atom stereocenters. The van der Waals surface area contributed by atoms with Crippen LogP contribution in [-0.2, 0) is 13.1 Å². The number of aromatic nitrogens is 1.